The van der Waals surface area contributed by atoms with Crippen molar-refractivity contribution in [3.8, 4) is 0 Å². The molecule has 0 unspecified atom stereocenters. The number of methoxy groups -OCH3 is 1. The van der Waals surface area contributed by atoms with Crippen LogP contribution in [-0.4, -0.2) is 73.5 Å². The number of Topliss-reactive ketones (excluding diaryl/α,β-unsaturated/α-hetero) is 1. The molecule has 0 aromatic carbocycles. The molecule has 0 rings (SSSR count). The lowest BCUT2D eigenvalue weighted by atomic mass is 9.97. The lowest BCUT2D eigenvalue weighted by Crippen LogP contribution is -2.50. The molecule has 0 radical (unpaired) electrons. The highest BCUT2D eigenvalue weighted by molar-refractivity contribution is 6.74. The standard InChI is InChI=1S/C39H78O6Si3/c1-15-33(13)36(43-46(17-3,18-4)19-5)30-29-32(12)27-26-28-37(44-47(20-6,21-7)22-8)38(42-14)31-35(41)39(34(40)16-2)45-48(23-9,24-10)25-11/h15,27,29-30,33,35-39,41H,1,16-26,28,31H2,2-14H3/b30-29+,32-27+/t33-,35+,36-,37+,38+,39+/m1/s1. The molecule has 0 saturated carbocycles. The van der Waals surface area contributed by atoms with E-state index in [1.165, 1.54) is 5.57 Å². The number of hydrogen-bond acceptors (Lipinski definition) is 6. The second-order valence-corrected chi connectivity index (χ2v) is 28.1. The Hall–Kier alpha value is -0.659. The lowest BCUT2D eigenvalue weighted by Gasteiger charge is -2.39. The maximum absolute atomic E-state index is 13.2. The van der Waals surface area contributed by atoms with E-state index >= 15 is 0 Å². The third-order valence-electron chi connectivity index (χ3n) is 11.5. The van der Waals surface area contributed by atoms with Gasteiger partial charge in [-0.05, 0) is 74.2 Å². The van der Waals surface area contributed by atoms with Crippen molar-refractivity contribution in [3.63, 3.8) is 0 Å². The van der Waals surface area contributed by atoms with Gasteiger partial charge in [0.05, 0.1) is 24.4 Å². The predicted molar refractivity (Wildman–Crippen MR) is 214 cm³/mol. The Labute approximate surface area is 300 Å². The van der Waals surface area contributed by atoms with Crippen LogP contribution >= 0.6 is 0 Å². The molecule has 0 aromatic heterocycles. The molecule has 0 amide bonds. The van der Waals surface area contributed by atoms with Crippen molar-refractivity contribution >= 4 is 30.7 Å². The van der Waals surface area contributed by atoms with E-state index in [2.05, 4.69) is 101 Å². The molecule has 6 atom stereocenters. The molecule has 0 heterocycles. The minimum Gasteiger partial charge on any atom is -0.411 e. The Bertz CT molecular complexity index is 917. The summed E-state index contributed by atoms with van der Waals surface area (Å²) < 4.78 is 26.7. The topological polar surface area (TPSA) is 74.2 Å². The van der Waals surface area contributed by atoms with Crippen molar-refractivity contribution in [2.45, 2.75) is 194 Å². The largest absolute Gasteiger partial charge is 0.411 e. The number of aliphatic hydroxyl groups is 1. The Morgan fingerprint density at radius 3 is 1.62 bits per heavy atom. The molecule has 282 valence electrons. The van der Waals surface area contributed by atoms with Crippen LogP contribution in [-0.2, 0) is 22.8 Å². The minimum atomic E-state index is -2.12. The van der Waals surface area contributed by atoms with Gasteiger partial charge >= 0.3 is 0 Å². The normalized spacial score (nSPS) is 17.2. The molecule has 0 fully saturated rings. The quantitative estimate of drug-likeness (QED) is 0.0470. The minimum absolute atomic E-state index is 0.0222. The molecule has 6 nitrogen and oxygen atoms in total. The molecular weight excluding hydrogens is 649 g/mol. The van der Waals surface area contributed by atoms with Crippen LogP contribution in [0.4, 0.5) is 0 Å². The van der Waals surface area contributed by atoms with Crippen molar-refractivity contribution in [1.82, 2.24) is 0 Å². The first kappa shape index (κ1) is 47.3. The number of carbonyl (C=O) groups is 1. The second kappa shape index (κ2) is 24.5. The van der Waals surface area contributed by atoms with Gasteiger partial charge in [0.1, 0.15) is 6.10 Å². The average Bonchev–Trinajstić information content (AvgIpc) is 3.12. The van der Waals surface area contributed by atoms with E-state index in [1.54, 1.807) is 7.11 Å². The number of carbonyl (C=O) groups excluding carboxylic acids is 1. The van der Waals surface area contributed by atoms with Gasteiger partial charge in [-0.1, -0.05) is 106 Å². The van der Waals surface area contributed by atoms with E-state index in [1.807, 2.05) is 13.0 Å². The third kappa shape index (κ3) is 14.5. The maximum Gasteiger partial charge on any atom is 0.193 e. The van der Waals surface area contributed by atoms with Gasteiger partial charge in [0.25, 0.3) is 0 Å². The van der Waals surface area contributed by atoms with Crippen LogP contribution in [0.5, 0.6) is 0 Å². The maximum atomic E-state index is 13.2. The molecule has 0 bridgehead atoms. The van der Waals surface area contributed by atoms with Crippen LogP contribution in [0.15, 0.2) is 36.5 Å². The van der Waals surface area contributed by atoms with Crippen molar-refractivity contribution < 1.29 is 27.9 Å². The molecule has 48 heavy (non-hydrogen) atoms. The fourth-order valence-electron chi connectivity index (χ4n) is 6.77. The number of ketones is 1. The average molecular weight is 727 g/mol. The van der Waals surface area contributed by atoms with Crippen LogP contribution in [0.2, 0.25) is 54.4 Å². The summed E-state index contributed by atoms with van der Waals surface area (Å²) in [5.41, 5.74) is 1.19. The summed E-state index contributed by atoms with van der Waals surface area (Å²) in [6.07, 6.45) is 8.67. The van der Waals surface area contributed by atoms with Gasteiger partial charge < -0.3 is 23.1 Å². The molecular formula is C39H78O6Si3. The molecule has 0 aliphatic rings. The number of hydrogen-bond donors (Lipinski definition) is 1. The number of rotatable bonds is 29. The van der Waals surface area contributed by atoms with Crippen LogP contribution in [0.25, 0.3) is 0 Å². The number of aliphatic hydroxyl groups excluding tert-OH is 1. The summed E-state index contributed by atoms with van der Waals surface area (Å²) in [5.74, 6) is 0.205. The first-order chi connectivity index (χ1) is 22.8. The Kier molecular flexibility index (Phi) is 24.2. The zero-order chi connectivity index (χ0) is 37.0. The monoisotopic (exact) mass is 727 g/mol. The molecule has 1 N–H and O–H groups in total. The zero-order valence-corrected chi connectivity index (χ0v) is 36.7. The summed E-state index contributed by atoms with van der Waals surface area (Å²) in [7, 11) is -4.17. The highest BCUT2D eigenvalue weighted by Crippen LogP contribution is 2.31. The highest BCUT2D eigenvalue weighted by atomic mass is 28.4. The smallest absolute Gasteiger partial charge is 0.193 e. The SMILES string of the molecule is C=C[C@@H](C)[C@@H](/C=C/C(C)=C/CC[C@H](O[Si](CC)(CC)CC)[C@H](C[C@H](O)[C@@H](O[Si](CC)(CC)CC)C(=O)CC)OC)O[Si](CC)(CC)CC. The summed E-state index contributed by atoms with van der Waals surface area (Å²) >= 11 is 0. The highest BCUT2D eigenvalue weighted by Gasteiger charge is 2.41. The van der Waals surface area contributed by atoms with Gasteiger partial charge in [0.2, 0.25) is 0 Å². The van der Waals surface area contributed by atoms with Crippen molar-refractivity contribution in [2.24, 2.45) is 5.92 Å². The van der Waals surface area contributed by atoms with Gasteiger partial charge in [-0.15, -0.1) is 6.58 Å². The van der Waals surface area contributed by atoms with Gasteiger partial charge in [0.15, 0.2) is 30.7 Å². The first-order valence-electron chi connectivity index (χ1n) is 19.5. The van der Waals surface area contributed by atoms with Gasteiger partial charge in [-0.2, -0.15) is 0 Å². The van der Waals surface area contributed by atoms with E-state index in [9.17, 15) is 9.90 Å². The summed E-state index contributed by atoms with van der Waals surface area (Å²) in [5, 5.41) is 11.6. The van der Waals surface area contributed by atoms with Crippen molar-refractivity contribution in [1.29, 1.82) is 0 Å². The Morgan fingerprint density at radius 1 is 0.750 bits per heavy atom. The van der Waals surface area contributed by atoms with E-state index < -0.39 is 37.2 Å². The van der Waals surface area contributed by atoms with Gasteiger partial charge in [0, 0.05) is 25.9 Å². The Morgan fingerprint density at radius 2 is 1.21 bits per heavy atom. The van der Waals surface area contributed by atoms with Crippen molar-refractivity contribution in [3.05, 3.63) is 36.5 Å². The van der Waals surface area contributed by atoms with Crippen LogP contribution in [0, 0.1) is 5.92 Å². The summed E-state index contributed by atoms with van der Waals surface area (Å²) in [6.45, 7) is 30.2. The van der Waals surface area contributed by atoms with Gasteiger partial charge in [-0.25, -0.2) is 0 Å². The molecule has 0 aliphatic carbocycles. The van der Waals surface area contributed by atoms with Crippen molar-refractivity contribution in [2.75, 3.05) is 7.11 Å². The fraction of sp³-hybridized carbons (Fsp3) is 0.821. The van der Waals surface area contributed by atoms with E-state index in [0.29, 0.717) is 12.8 Å². The van der Waals surface area contributed by atoms with Crippen LogP contribution in [0.1, 0.15) is 109 Å². The third-order valence-corrected chi connectivity index (χ3v) is 25.5. The molecule has 0 saturated heterocycles. The fourth-order valence-corrected chi connectivity index (χ4v) is 15.4. The predicted octanol–water partition coefficient (Wildman–Crippen LogP) is 11.0. The summed E-state index contributed by atoms with van der Waals surface area (Å²) in [6, 6.07) is 9.24. The van der Waals surface area contributed by atoms with Gasteiger partial charge in [-0.3, -0.25) is 4.79 Å². The van der Waals surface area contributed by atoms with Crippen LogP contribution in [0.3, 0.4) is 0 Å². The number of allylic oxidation sites excluding steroid dienone is 3. The second-order valence-electron chi connectivity index (χ2n) is 13.9. The van der Waals surface area contributed by atoms with Crippen LogP contribution < -0.4 is 0 Å². The van der Waals surface area contributed by atoms with E-state index in [4.69, 9.17) is 18.0 Å². The summed E-state index contributed by atoms with van der Waals surface area (Å²) in [4.78, 5) is 13.2. The molecule has 0 spiro atoms. The lowest BCUT2D eigenvalue weighted by molar-refractivity contribution is -0.133. The van der Waals surface area contributed by atoms with E-state index in [0.717, 1.165) is 67.2 Å². The molecule has 0 aromatic rings. The van der Waals surface area contributed by atoms with E-state index in [-0.39, 0.29) is 30.0 Å². The molecule has 0 aliphatic heterocycles. The first-order valence-corrected chi connectivity index (χ1v) is 27.1. The Balaban J connectivity index is 6.27. The zero-order valence-electron chi connectivity index (χ0n) is 33.7. The number of ether oxygens (including phenoxy) is 1. The molecule has 9 heteroatoms.